The van der Waals surface area contributed by atoms with Gasteiger partial charge in [-0.1, -0.05) is 12.1 Å². The van der Waals surface area contributed by atoms with Crippen LogP contribution < -0.4 is 4.72 Å². The number of aliphatic hydroxyl groups excluding tert-OH is 1. The number of anilines is 1. The topological polar surface area (TPSA) is 108 Å². The highest BCUT2D eigenvalue weighted by Gasteiger charge is 2.21. The van der Waals surface area contributed by atoms with Crippen molar-refractivity contribution in [1.82, 2.24) is 15.2 Å². The van der Waals surface area contributed by atoms with Gasteiger partial charge in [0, 0.05) is 28.7 Å². The summed E-state index contributed by atoms with van der Waals surface area (Å²) in [5.74, 6) is 0. The van der Waals surface area contributed by atoms with Gasteiger partial charge in [-0.15, -0.1) is 0 Å². The van der Waals surface area contributed by atoms with E-state index < -0.39 is 16.6 Å². The molecule has 0 amide bonds. The molecule has 3 N–H and O–H groups in total. The van der Waals surface area contributed by atoms with Crippen molar-refractivity contribution in [3.8, 4) is 0 Å². The summed E-state index contributed by atoms with van der Waals surface area (Å²) in [6.07, 6.45) is 4.53. The lowest BCUT2D eigenvalue weighted by Crippen LogP contribution is -2.15. The summed E-state index contributed by atoms with van der Waals surface area (Å²) in [6.45, 7) is -0.411. The van der Waals surface area contributed by atoms with Crippen molar-refractivity contribution < 1.29 is 13.5 Å². The van der Waals surface area contributed by atoms with Crippen molar-refractivity contribution in [1.29, 1.82) is 0 Å². The Balaban J connectivity index is 2.06. The second-order valence-electron chi connectivity index (χ2n) is 4.39. The van der Waals surface area contributed by atoms with Crippen LogP contribution in [0.25, 0.3) is 10.8 Å². The van der Waals surface area contributed by atoms with E-state index in [1.807, 2.05) is 6.07 Å². The zero-order valence-corrected chi connectivity index (χ0v) is 11.6. The third-order valence-corrected chi connectivity index (χ3v) is 4.42. The van der Waals surface area contributed by atoms with Crippen LogP contribution in [-0.4, -0.2) is 28.7 Å². The van der Waals surface area contributed by atoms with E-state index in [2.05, 4.69) is 19.9 Å². The monoisotopic (exact) mass is 304 g/mol. The van der Waals surface area contributed by atoms with Gasteiger partial charge in [0.05, 0.1) is 18.5 Å². The third-order valence-electron chi connectivity index (χ3n) is 3.04. The number of pyridine rings is 1. The van der Waals surface area contributed by atoms with Gasteiger partial charge < -0.3 is 5.11 Å². The number of rotatable bonds is 4. The van der Waals surface area contributed by atoms with E-state index >= 15 is 0 Å². The largest absolute Gasteiger partial charge is 0.392 e. The van der Waals surface area contributed by atoms with Crippen molar-refractivity contribution in [2.24, 2.45) is 0 Å². The minimum absolute atomic E-state index is 0.143. The molecule has 0 aliphatic heterocycles. The molecule has 1 aromatic carbocycles. The zero-order chi connectivity index (χ0) is 14.9. The smallest absolute Gasteiger partial charge is 0.279 e. The third kappa shape index (κ3) is 2.46. The van der Waals surface area contributed by atoms with Gasteiger partial charge in [-0.05, 0) is 12.1 Å². The van der Waals surface area contributed by atoms with Crippen molar-refractivity contribution in [3.63, 3.8) is 0 Å². The fourth-order valence-electron chi connectivity index (χ4n) is 2.05. The molecular weight excluding hydrogens is 292 g/mol. The van der Waals surface area contributed by atoms with Crippen molar-refractivity contribution in [2.45, 2.75) is 11.6 Å². The molecule has 0 saturated heterocycles. The Bertz CT molecular complexity index is 884. The van der Waals surface area contributed by atoms with Gasteiger partial charge in [-0.3, -0.25) is 14.8 Å². The molecule has 7 nitrogen and oxygen atoms in total. The number of aromatic amines is 1. The molecule has 0 aliphatic rings. The number of H-pyrrole nitrogens is 1. The van der Waals surface area contributed by atoms with E-state index in [1.54, 1.807) is 30.6 Å². The van der Waals surface area contributed by atoms with Gasteiger partial charge in [0.15, 0.2) is 5.03 Å². The highest BCUT2D eigenvalue weighted by atomic mass is 32.2. The normalized spacial score (nSPS) is 11.7. The lowest BCUT2D eigenvalue weighted by atomic mass is 10.1. The van der Waals surface area contributed by atoms with E-state index in [0.29, 0.717) is 5.69 Å². The van der Waals surface area contributed by atoms with Crippen LogP contribution in [-0.2, 0) is 16.6 Å². The Morgan fingerprint density at radius 1 is 1.24 bits per heavy atom. The summed E-state index contributed by atoms with van der Waals surface area (Å²) in [5.41, 5.74) is 0.651. The van der Waals surface area contributed by atoms with E-state index in [4.69, 9.17) is 5.11 Å². The minimum Gasteiger partial charge on any atom is -0.392 e. The number of aromatic nitrogens is 3. The van der Waals surface area contributed by atoms with Crippen molar-refractivity contribution >= 4 is 26.5 Å². The SMILES string of the molecule is O=S(=O)(Nc1cccc2cnccc12)c1[nH]ncc1CO. The molecule has 0 bridgehead atoms. The molecule has 0 unspecified atom stereocenters. The lowest BCUT2D eigenvalue weighted by molar-refractivity contribution is 0.278. The maximum Gasteiger partial charge on any atom is 0.279 e. The summed E-state index contributed by atoms with van der Waals surface area (Å²) in [4.78, 5) is 4.00. The highest BCUT2D eigenvalue weighted by molar-refractivity contribution is 7.92. The Morgan fingerprint density at radius 2 is 2.10 bits per heavy atom. The number of benzene rings is 1. The fourth-order valence-corrected chi connectivity index (χ4v) is 3.26. The number of hydrogen-bond donors (Lipinski definition) is 3. The molecule has 0 atom stereocenters. The Labute approximate surface area is 120 Å². The molecule has 21 heavy (non-hydrogen) atoms. The first-order valence-electron chi connectivity index (χ1n) is 6.10. The number of fused-ring (bicyclic) bond motifs is 1. The standard InChI is InChI=1S/C13H12N4O3S/c18-8-10-7-15-16-13(10)21(19,20)17-12-3-1-2-9-6-14-5-4-11(9)12/h1-7,17-18H,8H2,(H,15,16). The first-order valence-corrected chi connectivity index (χ1v) is 7.59. The Morgan fingerprint density at radius 3 is 2.90 bits per heavy atom. The molecule has 3 aromatic rings. The van der Waals surface area contributed by atoms with Crippen LogP contribution in [0.5, 0.6) is 0 Å². The second kappa shape index (κ2) is 5.15. The van der Waals surface area contributed by atoms with Crippen molar-refractivity contribution in [3.05, 3.63) is 48.4 Å². The van der Waals surface area contributed by atoms with Gasteiger partial charge in [0.2, 0.25) is 0 Å². The van der Waals surface area contributed by atoms with Crippen LogP contribution in [0.2, 0.25) is 0 Å². The van der Waals surface area contributed by atoms with Crippen LogP contribution in [0.4, 0.5) is 5.69 Å². The maximum absolute atomic E-state index is 12.4. The van der Waals surface area contributed by atoms with E-state index in [0.717, 1.165) is 10.8 Å². The molecule has 0 radical (unpaired) electrons. The average molecular weight is 304 g/mol. The van der Waals surface area contributed by atoms with Crippen LogP contribution in [0.3, 0.4) is 0 Å². The highest BCUT2D eigenvalue weighted by Crippen LogP contribution is 2.25. The van der Waals surface area contributed by atoms with Crippen LogP contribution in [0, 0.1) is 0 Å². The number of aliphatic hydroxyl groups is 1. The molecule has 3 rings (SSSR count). The molecule has 0 spiro atoms. The predicted octanol–water partition coefficient (Wildman–Crippen LogP) is 1.25. The van der Waals surface area contributed by atoms with Gasteiger partial charge in [-0.25, -0.2) is 0 Å². The maximum atomic E-state index is 12.4. The molecule has 0 fully saturated rings. The van der Waals surface area contributed by atoms with E-state index in [1.165, 1.54) is 6.20 Å². The first kappa shape index (κ1) is 13.5. The summed E-state index contributed by atoms with van der Waals surface area (Å²) < 4.78 is 27.3. The number of sulfonamides is 1. The van der Waals surface area contributed by atoms with E-state index in [9.17, 15) is 8.42 Å². The number of hydrogen-bond acceptors (Lipinski definition) is 5. The summed E-state index contributed by atoms with van der Waals surface area (Å²) in [7, 11) is -3.85. The lowest BCUT2D eigenvalue weighted by Gasteiger charge is -2.10. The second-order valence-corrected chi connectivity index (χ2v) is 6.01. The Kier molecular flexibility index (Phi) is 3.32. The molecule has 2 heterocycles. The summed E-state index contributed by atoms with van der Waals surface area (Å²) in [6, 6.07) is 6.97. The van der Waals surface area contributed by atoms with E-state index in [-0.39, 0.29) is 10.6 Å². The van der Waals surface area contributed by atoms with Crippen LogP contribution in [0.15, 0.2) is 47.9 Å². The molecule has 108 valence electrons. The summed E-state index contributed by atoms with van der Waals surface area (Å²) >= 11 is 0. The minimum atomic E-state index is -3.85. The van der Waals surface area contributed by atoms with Gasteiger partial charge >= 0.3 is 0 Å². The van der Waals surface area contributed by atoms with Crippen LogP contribution in [0.1, 0.15) is 5.56 Å². The van der Waals surface area contributed by atoms with Gasteiger partial charge in [-0.2, -0.15) is 13.5 Å². The Hall–Kier alpha value is -2.45. The quantitative estimate of drug-likeness (QED) is 0.672. The predicted molar refractivity (Wildman–Crippen MR) is 77.1 cm³/mol. The fraction of sp³-hybridized carbons (Fsp3) is 0.0769. The molecule has 0 saturated carbocycles. The summed E-state index contributed by atoms with van der Waals surface area (Å²) in [5, 5.41) is 16.6. The molecule has 8 heteroatoms. The zero-order valence-electron chi connectivity index (χ0n) is 10.8. The van der Waals surface area contributed by atoms with Gasteiger partial charge in [0.1, 0.15) is 0 Å². The molecule has 0 aliphatic carbocycles. The average Bonchev–Trinajstić information content (AvgIpc) is 2.97. The van der Waals surface area contributed by atoms with Crippen molar-refractivity contribution in [2.75, 3.05) is 4.72 Å². The van der Waals surface area contributed by atoms with Gasteiger partial charge in [0.25, 0.3) is 10.0 Å². The number of nitrogens with one attached hydrogen (secondary N) is 2. The molecule has 2 aromatic heterocycles. The first-order chi connectivity index (χ1) is 10.1. The molecular formula is C13H12N4O3S. The van der Waals surface area contributed by atoms with Crippen LogP contribution >= 0.6 is 0 Å². The number of nitrogens with zero attached hydrogens (tertiary/aromatic N) is 2.